The fourth-order valence-electron chi connectivity index (χ4n) is 2.97. The molecule has 0 atom stereocenters. The lowest BCUT2D eigenvalue weighted by molar-refractivity contribution is 1.38. The minimum Gasteiger partial charge on any atom is -0.383 e. The highest BCUT2D eigenvalue weighted by molar-refractivity contribution is 7.80. The summed E-state index contributed by atoms with van der Waals surface area (Å²) >= 11 is 7.08. The van der Waals surface area contributed by atoms with Gasteiger partial charge in [0.1, 0.15) is 5.82 Å². The number of aryl methyl sites for hydroxylation is 1. The number of aromatic nitrogens is 1. The predicted octanol–water partition coefficient (Wildman–Crippen LogP) is 5.66. The molecule has 0 fully saturated rings. The molecule has 2 heterocycles. The van der Waals surface area contributed by atoms with Crippen LogP contribution in [0, 0.1) is 6.92 Å². The van der Waals surface area contributed by atoms with Gasteiger partial charge in [-0.2, -0.15) is 0 Å². The van der Waals surface area contributed by atoms with Crippen LogP contribution in [0.4, 0.5) is 17.2 Å². The molecule has 0 aliphatic rings. The maximum absolute atomic E-state index is 6.08. The van der Waals surface area contributed by atoms with Gasteiger partial charge < -0.3 is 16.4 Å². The van der Waals surface area contributed by atoms with Crippen molar-refractivity contribution in [2.75, 3.05) is 16.4 Å². The van der Waals surface area contributed by atoms with Gasteiger partial charge in [0.2, 0.25) is 0 Å². The topological polar surface area (TPSA) is 63.0 Å². The molecule has 4 aromatic rings. The summed E-state index contributed by atoms with van der Waals surface area (Å²) in [7, 11) is 0. The Bertz CT molecular complexity index is 1120. The summed E-state index contributed by atoms with van der Waals surface area (Å²) in [6.45, 7) is 2.05. The minimum absolute atomic E-state index is 0.558. The highest BCUT2D eigenvalue weighted by Gasteiger charge is 2.10. The van der Waals surface area contributed by atoms with Crippen molar-refractivity contribution in [3.8, 4) is 11.1 Å². The van der Waals surface area contributed by atoms with Gasteiger partial charge in [0.25, 0.3) is 0 Å². The van der Waals surface area contributed by atoms with E-state index in [1.165, 1.54) is 5.56 Å². The average molecular weight is 391 g/mol. The lowest BCUT2D eigenvalue weighted by atomic mass is 10.1. The van der Waals surface area contributed by atoms with Crippen molar-refractivity contribution in [2.24, 2.45) is 0 Å². The van der Waals surface area contributed by atoms with Gasteiger partial charge in [-0.25, -0.2) is 4.98 Å². The van der Waals surface area contributed by atoms with Crippen molar-refractivity contribution in [1.82, 2.24) is 4.98 Å². The molecule has 0 bridgehead atoms. The third-order valence-corrected chi connectivity index (χ3v) is 5.40. The number of hydrogen-bond donors (Lipinski definition) is 3. The van der Waals surface area contributed by atoms with Crippen molar-refractivity contribution in [1.29, 1.82) is 0 Å². The fraction of sp³-hybridized carbons (Fsp3) is 0.0476. The molecular weight excluding hydrogens is 372 g/mol. The van der Waals surface area contributed by atoms with E-state index in [1.807, 2.05) is 30.3 Å². The number of anilines is 3. The standard InChI is InChI=1S/C21H18N4S2/c1-13-3-2-4-16(11-13)25-21(26)24-15-7-5-14(6-8-15)17-12-27-18-9-10-23-20(22)19(17)18/h2-12H,1H3,(H2,22,23)(H2,24,25,26). The monoisotopic (exact) mass is 390 g/mol. The van der Waals surface area contributed by atoms with Crippen molar-refractivity contribution in [2.45, 2.75) is 6.92 Å². The van der Waals surface area contributed by atoms with Gasteiger partial charge in [0, 0.05) is 33.2 Å². The summed E-state index contributed by atoms with van der Waals surface area (Å²) < 4.78 is 1.14. The third kappa shape index (κ3) is 3.77. The number of nitrogens with zero attached hydrogens (tertiary/aromatic N) is 1. The van der Waals surface area contributed by atoms with Gasteiger partial charge >= 0.3 is 0 Å². The molecule has 0 unspecified atom stereocenters. The molecule has 0 aliphatic carbocycles. The van der Waals surface area contributed by atoms with Crippen LogP contribution in [0.15, 0.2) is 66.2 Å². The Labute approximate surface area is 167 Å². The molecule has 4 rings (SSSR count). The number of thiophene rings is 1. The molecule has 0 aliphatic heterocycles. The minimum atomic E-state index is 0.558. The van der Waals surface area contributed by atoms with Crippen LogP contribution >= 0.6 is 23.6 Å². The molecule has 27 heavy (non-hydrogen) atoms. The van der Waals surface area contributed by atoms with Crippen molar-refractivity contribution < 1.29 is 0 Å². The number of nitrogens with one attached hydrogen (secondary N) is 2. The van der Waals surface area contributed by atoms with Gasteiger partial charge in [-0.15, -0.1) is 11.3 Å². The first kappa shape index (κ1) is 17.5. The summed E-state index contributed by atoms with van der Waals surface area (Å²) in [6.07, 6.45) is 1.74. The van der Waals surface area contributed by atoms with Gasteiger partial charge in [-0.3, -0.25) is 0 Å². The van der Waals surface area contributed by atoms with E-state index in [-0.39, 0.29) is 0 Å². The molecule has 0 radical (unpaired) electrons. The second-order valence-corrected chi connectivity index (χ2v) is 7.56. The number of fused-ring (bicyclic) bond motifs is 1. The van der Waals surface area contributed by atoms with Crippen LogP contribution in [-0.2, 0) is 0 Å². The average Bonchev–Trinajstić information content (AvgIpc) is 3.08. The molecule has 2 aromatic carbocycles. The Morgan fingerprint density at radius 3 is 2.59 bits per heavy atom. The number of benzene rings is 2. The Hall–Kier alpha value is -2.96. The zero-order valence-electron chi connectivity index (χ0n) is 14.7. The van der Waals surface area contributed by atoms with Crippen LogP contribution in [0.2, 0.25) is 0 Å². The van der Waals surface area contributed by atoms with E-state index in [4.69, 9.17) is 18.0 Å². The van der Waals surface area contributed by atoms with Crippen LogP contribution in [0.1, 0.15) is 5.56 Å². The van der Waals surface area contributed by atoms with Crippen LogP contribution in [0.3, 0.4) is 0 Å². The molecule has 4 N–H and O–H groups in total. The maximum Gasteiger partial charge on any atom is 0.175 e. The SMILES string of the molecule is Cc1cccc(NC(=S)Nc2ccc(-c3csc4ccnc(N)c34)cc2)c1. The van der Waals surface area contributed by atoms with E-state index < -0.39 is 0 Å². The first-order chi connectivity index (χ1) is 13.1. The number of nitrogens with two attached hydrogens (primary N) is 1. The lowest BCUT2D eigenvalue weighted by Gasteiger charge is -2.11. The summed E-state index contributed by atoms with van der Waals surface area (Å²) in [5, 5.41) is 10.1. The molecule has 4 nitrogen and oxygen atoms in total. The normalized spacial score (nSPS) is 10.7. The predicted molar refractivity (Wildman–Crippen MR) is 120 cm³/mol. The summed E-state index contributed by atoms with van der Waals surface area (Å²) in [4.78, 5) is 4.22. The molecule has 0 saturated heterocycles. The van der Waals surface area contributed by atoms with Gasteiger partial charge in [-0.1, -0.05) is 24.3 Å². The molecule has 0 amide bonds. The van der Waals surface area contributed by atoms with Crippen LogP contribution in [0.5, 0.6) is 0 Å². The van der Waals surface area contributed by atoms with Crippen LogP contribution in [0.25, 0.3) is 21.2 Å². The van der Waals surface area contributed by atoms with Gasteiger partial charge in [0.15, 0.2) is 5.11 Å². The highest BCUT2D eigenvalue weighted by atomic mass is 32.1. The van der Waals surface area contributed by atoms with E-state index >= 15 is 0 Å². The number of pyridine rings is 1. The largest absolute Gasteiger partial charge is 0.383 e. The molecule has 0 spiro atoms. The van der Waals surface area contributed by atoms with E-state index in [0.29, 0.717) is 10.9 Å². The first-order valence-corrected chi connectivity index (χ1v) is 9.76. The van der Waals surface area contributed by atoms with Crippen molar-refractivity contribution in [3.63, 3.8) is 0 Å². The molecule has 6 heteroatoms. The smallest absolute Gasteiger partial charge is 0.175 e. The second-order valence-electron chi connectivity index (χ2n) is 6.24. The lowest BCUT2D eigenvalue weighted by Crippen LogP contribution is -2.18. The number of nitrogen functional groups attached to an aromatic ring is 1. The molecule has 0 saturated carbocycles. The summed E-state index contributed by atoms with van der Waals surface area (Å²) in [5.74, 6) is 0.564. The number of thiocarbonyl (C=S) groups is 1. The number of rotatable bonds is 3. The van der Waals surface area contributed by atoms with E-state index in [9.17, 15) is 0 Å². The summed E-state index contributed by atoms with van der Waals surface area (Å²) in [5.41, 5.74) is 11.4. The van der Waals surface area contributed by atoms with E-state index in [2.05, 4.69) is 52.2 Å². The van der Waals surface area contributed by atoms with Crippen LogP contribution in [-0.4, -0.2) is 10.1 Å². The van der Waals surface area contributed by atoms with Crippen molar-refractivity contribution in [3.05, 3.63) is 71.7 Å². The Morgan fingerprint density at radius 2 is 1.81 bits per heavy atom. The zero-order valence-corrected chi connectivity index (χ0v) is 16.3. The zero-order chi connectivity index (χ0) is 18.8. The molecular formula is C21H18N4S2. The van der Waals surface area contributed by atoms with E-state index in [1.54, 1.807) is 17.5 Å². The summed E-state index contributed by atoms with van der Waals surface area (Å²) in [6, 6.07) is 18.2. The Kier molecular flexibility index (Phi) is 4.75. The Balaban J connectivity index is 1.51. The van der Waals surface area contributed by atoms with Crippen LogP contribution < -0.4 is 16.4 Å². The van der Waals surface area contributed by atoms with Gasteiger partial charge in [0.05, 0.1) is 0 Å². The molecule has 2 aromatic heterocycles. The Morgan fingerprint density at radius 1 is 1.04 bits per heavy atom. The van der Waals surface area contributed by atoms with E-state index in [0.717, 1.165) is 32.6 Å². The molecule has 134 valence electrons. The highest BCUT2D eigenvalue weighted by Crippen LogP contribution is 2.36. The van der Waals surface area contributed by atoms with Crippen molar-refractivity contribution >= 4 is 55.9 Å². The first-order valence-electron chi connectivity index (χ1n) is 8.47. The second kappa shape index (κ2) is 7.34. The van der Waals surface area contributed by atoms with Gasteiger partial charge in [-0.05, 0) is 66.0 Å². The fourth-order valence-corrected chi connectivity index (χ4v) is 4.18. The third-order valence-electron chi connectivity index (χ3n) is 4.24. The quantitative estimate of drug-likeness (QED) is 0.394. The maximum atomic E-state index is 6.08. The number of hydrogen-bond acceptors (Lipinski definition) is 4.